The van der Waals surface area contributed by atoms with Crippen molar-refractivity contribution in [3.63, 3.8) is 0 Å². The largest absolute Gasteiger partial charge is 0.497 e. The molecule has 1 aromatic rings. The van der Waals surface area contributed by atoms with Crippen LogP contribution in [0.3, 0.4) is 0 Å². The van der Waals surface area contributed by atoms with Gasteiger partial charge in [-0.15, -0.1) is 0 Å². The van der Waals surface area contributed by atoms with E-state index in [-0.39, 0.29) is 5.75 Å². The zero-order chi connectivity index (χ0) is 15.1. The lowest BCUT2D eigenvalue weighted by Crippen LogP contribution is -2.50. The Kier molecular flexibility index (Phi) is 3.75. The molecule has 0 bridgehead atoms. The number of aryl methyl sites for hydroxylation is 1. The molecule has 0 amide bonds. The van der Waals surface area contributed by atoms with Gasteiger partial charge < -0.3 is 4.74 Å². The van der Waals surface area contributed by atoms with Gasteiger partial charge in [-0.3, -0.25) is 0 Å². The Bertz CT molecular complexity index is 447. The standard InChI is InChI=1S/C11H9F7O/c1-6-5-7(19-2)3-4-8(6)9(12,10(13,14)15)11(16,17)18/h3-5H,1-2H3. The monoisotopic (exact) mass is 290 g/mol. The Labute approximate surface area is 104 Å². The molecule has 0 aliphatic carbocycles. The number of hydrogen-bond donors (Lipinski definition) is 0. The summed E-state index contributed by atoms with van der Waals surface area (Å²) >= 11 is 0. The Morgan fingerprint density at radius 1 is 0.895 bits per heavy atom. The summed E-state index contributed by atoms with van der Waals surface area (Å²) in [6.07, 6.45) is -12.2. The van der Waals surface area contributed by atoms with Crippen LogP contribution in [0.5, 0.6) is 5.75 Å². The third-order valence-corrected chi connectivity index (χ3v) is 2.59. The molecule has 0 unspecified atom stereocenters. The quantitative estimate of drug-likeness (QED) is 0.738. The van der Waals surface area contributed by atoms with Gasteiger partial charge >= 0.3 is 18.0 Å². The molecule has 0 aliphatic rings. The van der Waals surface area contributed by atoms with Crippen LogP contribution in [0.1, 0.15) is 11.1 Å². The lowest BCUT2D eigenvalue weighted by Gasteiger charge is -2.31. The van der Waals surface area contributed by atoms with Crippen LogP contribution in [0.2, 0.25) is 0 Å². The van der Waals surface area contributed by atoms with Gasteiger partial charge in [-0.2, -0.15) is 26.3 Å². The van der Waals surface area contributed by atoms with Crippen molar-refractivity contribution in [2.75, 3.05) is 7.11 Å². The summed E-state index contributed by atoms with van der Waals surface area (Å²) in [5.41, 5.74) is -7.40. The minimum absolute atomic E-state index is 0.0351. The van der Waals surface area contributed by atoms with Crippen molar-refractivity contribution < 1.29 is 35.5 Å². The molecule has 0 heterocycles. The summed E-state index contributed by atoms with van der Waals surface area (Å²) in [5.74, 6) is 0.0351. The molecule has 1 nitrogen and oxygen atoms in total. The summed E-state index contributed by atoms with van der Waals surface area (Å²) in [6.45, 7) is 0.948. The first kappa shape index (κ1) is 15.6. The molecule has 0 saturated heterocycles. The van der Waals surface area contributed by atoms with Crippen molar-refractivity contribution >= 4 is 0 Å². The van der Waals surface area contributed by atoms with E-state index in [4.69, 9.17) is 0 Å². The molecule has 0 aliphatic heterocycles. The molecule has 0 N–H and O–H groups in total. The van der Waals surface area contributed by atoms with Crippen molar-refractivity contribution in [3.8, 4) is 5.75 Å². The molecule has 8 heteroatoms. The molecule has 108 valence electrons. The Balaban J connectivity index is 3.52. The lowest BCUT2D eigenvalue weighted by atomic mass is 9.90. The van der Waals surface area contributed by atoms with Crippen LogP contribution >= 0.6 is 0 Å². The first-order chi connectivity index (χ1) is 8.45. The molecule has 1 rings (SSSR count). The number of hydrogen-bond acceptors (Lipinski definition) is 1. The van der Waals surface area contributed by atoms with E-state index in [0.29, 0.717) is 6.07 Å². The Morgan fingerprint density at radius 2 is 1.37 bits per heavy atom. The molecule has 19 heavy (non-hydrogen) atoms. The fraction of sp³-hybridized carbons (Fsp3) is 0.455. The van der Waals surface area contributed by atoms with Crippen molar-refractivity contribution in [2.45, 2.75) is 24.9 Å². The Hall–Kier alpha value is -1.47. The highest BCUT2D eigenvalue weighted by Crippen LogP contribution is 2.54. The minimum atomic E-state index is -6.11. The van der Waals surface area contributed by atoms with E-state index in [9.17, 15) is 30.7 Å². The van der Waals surface area contributed by atoms with Crippen LogP contribution in [0.15, 0.2) is 18.2 Å². The predicted octanol–water partition coefficient (Wildman–Crippen LogP) is 4.29. The van der Waals surface area contributed by atoms with Gasteiger partial charge in [-0.05, 0) is 24.6 Å². The minimum Gasteiger partial charge on any atom is -0.497 e. The van der Waals surface area contributed by atoms with Crippen LogP contribution in [0, 0.1) is 6.92 Å². The molecule has 1 aromatic carbocycles. The smallest absolute Gasteiger partial charge is 0.435 e. The van der Waals surface area contributed by atoms with Gasteiger partial charge in [0.15, 0.2) is 0 Å². The van der Waals surface area contributed by atoms with Crippen molar-refractivity contribution in [1.29, 1.82) is 0 Å². The van der Waals surface area contributed by atoms with Crippen LogP contribution in [0.25, 0.3) is 0 Å². The van der Waals surface area contributed by atoms with Gasteiger partial charge in [0, 0.05) is 5.56 Å². The van der Waals surface area contributed by atoms with Gasteiger partial charge in [0.25, 0.3) is 0 Å². The van der Waals surface area contributed by atoms with E-state index in [1.807, 2.05) is 0 Å². The number of benzene rings is 1. The first-order valence-electron chi connectivity index (χ1n) is 4.92. The number of methoxy groups -OCH3 is 1. The fourth-order valence-electron chi connectivity index (χ4n) is 1.62. The van der Waals surface area contributed by atoms with Crippen LogP contribution in [0.4, 0.5) is 30.7 Å². The van der Waals surface area contributed by atoms with Gasteiger partial charge in [0.2, 0.25) is 0 Å². The molecule has 0 radical (unpaired) electrons. The van der Waals surface area contributed by atoms with E-state index in [1.165, 1.54) is 7.11 Å². The summed E-state index contributed by atoms with van der Waals surface area (Å²) in [5, 5.41) is 0. The van der Waals surface area contributed by atoms with E-state index in [0.717, 1.165) is 19.1 Å². The normalized spacial score (nSPS) is 13.5. The SMILES string of the molecule is COc1ccc(C(F)(C(F)(F)F)C(F)(F)F)c(C)c1. The maximum absolute atomic E-state index is 13.7. The lowest BCUT2D eigenvalue weighted by molar-refractivity contribution is -0.348. The van der Waals surface area contributed by atoms with Crippen molar-refractivity contribution in [3.05, 3.63) is 29.3 Å². The van der Waals surface area contributed by atoms with Gasteiger partial charge in [0.05, 0.1) is 7.11 Å². The zero-order valence-corrected chi connectivity index (χ0v) is 9.79. The average molecular weight is 290 g/mol. The topological polar surface area (TPSA) is 9.23 Å². The molecule has 0 spiro atoms. The average Bonchev–Trinajstić information content (AvgIpc) is 2.24. The number of alkyl halides is 7. The van der Waals surface area contributed by atoms with Crippen LogP contribution in [-0.4, -0.2) is 19.5 Å². The van der Waals surface area contributed by atoms with Crippen LogP contribution < -0.4 is 4.74 Å². The molecular weight excluding hydrogens is 281 g/mol. The zero-order valence-electron chi connectivity index (χ0n) is 9.79. The predicted molar refractivity (Wildman–Crippen MR) is 52.6 cm³/mol. The summed E-state index contributed by atoms with van der Waals surface area (Å²) in [7, 11) is 1.19. The second kappa shape index (κ2) is 4.57. The molecular formula is C11H9F7O. The summed E-state index contributed by atoms with van der Waals surface area (Å²) < 4.78 is 93.5. The summed E-state index contributed by atoms with van der Waals surface area (Å²) in [4.78, 5) is 0. The van der Waals surface area contributed by atoms with Crippen molar-refractivity contribution in [1.82, 2.24) is 0 Å². The van der Waals surface area contributed by atoms with E-state index < -0.39 is 29.1 Å². The maximum atomic E-state index is 13.7. The fourth-order valence-corrected chi connectivity index (χ4v) is 1.62. The molecule has 0 fully saturated rings. The van der Waals surface area contributed by atoms with E-state index >= 15 is 0 Å². The maximum Gasteiger partial charge on any atom is 0.435 e. The van der Waals surface area contributed by atoms with E-state index in [1.54, 1.807) is 0 Å². The molecule has 0 aromatic heterocycles. The second-order valence-corrected chi connectivity index (χ2v) is 3.83. The highest BCUT2D eigenvalue weighted by atomic mass is 19.4. The van der Waals surface area contributed by atoms with Gasteiger partial charge in [-0.25, -0.2) is 4.39 Å². The highest BCUT2D eigenvalue weighted by Gasteiger charge is 2.73. The molecule has 0 saturated carbocycles. The molecule has 0 atom stereocenters. The third kappa shape index (κ3) is 2.48. The van der Waals surface area contributed by atoms with Crippen LogP contribution in [-0.2, 0) is 5.67 Å². The van der Waals surface area contributed by atoms with Crippen molar-refractivity contribution in [2.24, 2.45) is 0 Å². The highest BCUT2D eigenvalue weighted by molar-refractivity contribution is 5.40. The number of rotatable bonds is 2. The van der Waals surface area contributed by atoms with Gasteiger partial charge in [-0.1, -0.05) is 6.07 Å². The third-order valence-electron chi connectivity index (χ3n) is 2.59. The van der Waals surface area contributed by atoms with E-state index in [2.05, 4.69) is 4.74 Å². The van der Waals surface area contributed by atoms with Gasteiger partial charge in [0.1, 0.15) is 5.75 Å². The Morgan fingerprint density at radius 3 is 1.68 bits per heavy atom. The first-order valence-corrected chi connectivity index (χ1v) is 4.92. The summed E-state index contributed by atoms with van der Waals surface area (Å²) in [6, 6.07) is 2.17. The number of ether oxygens (including phenoxy) is 1. The second-order valence-electron chi connectivity index (χ2n) is 3.83. The number of halogens is 7.